The number of hydrogen-bond donors (Lipinski definition) is 1. The molecule has 14 heavy (non-hydrogen) atoms. The maximum absolute atomic E-state index is 13.4. The number of hydrogen-bond acceptors (Lipinski definition) is 3. The lowest BCUT2D eigenvalue weighted by Crippen LogP contribution is -2.12. The average Bonchev–Trinajstić information content (AvgIpc) is 2.18. The number of rotatable bonds is 2. The molecule has 0 bridgehead atoms. The minimum atomic E-state index is -1.33. The maximum atomic E-state index is 13.4. The fraction of sp³-hybridized carbons (Fsp3) is 0.222. The quantitative estimate of drug-likeness (QED) is 0.783. The Balaban J connectivity index is 3.34. The summed E-state index contributed by atoms with van der Waals surface area (Å²) in [5, 5.41) is 8.45. The average molecular weight is 198 g/mol. The van der Waals surface area contributed by atoms with Gasteiger partial charge in [-0.15, -0.1) is 0 Å². The lowest BCUT2D eigenvalue weighted by Gasteiger charge is -2.09. The summed E-state index contributed by atoms with van der Waals surface area (Å²) in [5.74, 6) is -1.91. The van der Waals surface area contributed by atoms with Crippen LogP contribution in [0, 0.1) is 23.0 Å². The largest absolute Gasteiger partial charge is 0.494 e. The Morgan fingerprint density at radius 1 is 1.50 bits per heavy atom. The van der Waals surface area contributed by atoms with Gasteiger partial charge in [-0.2, -0.15) is 5.26 Å². The highest BCUT2D eigenvalue weighted by molar-refractivity contribution is 5.36. The van der Waals surface area contributed by atoms with Crippen molar-refractivity contribution in [2.45, 2.75) is 6.04 Å². The van der Waals surface area contributed by atoms with E-state index in [0.29, 0.717) is 0 Å². The van der Waals surface area contributed by atoms with Gasteiger partial charge in [0.15, 0.2) is 11.6 Å². The third kappa shape index (κ3) is 1.65. The van der Waals surface area contributed by atoms with E-state index in [9.17, 15) is 8.78 Å². The molecule has 2 N–H and O–H groups in total. The molecule has 0 aliphatic carbocycles. The van der Waals surface area contributed by atoms with Gasteiger partial charge in [0.1, 0.15) is 11.9 Å². The highest BCUT2D eigenvalue weighted by Crippen LogP contribution is 2.26. The van der Waals surface area contributed by atoms with Crippen LogP contribution in [0.15, 0.2) is 12.1 Å². The first-order chi connectivity index (χ1) is 6.61. The van der Waals surface area contributed by atoms with Crippen LogP contribution in [0.5, 0.6) is 5.75 Å². The predicted octanol–water partition coefficient (Wildman–Crippen LogP) is 1.50. The lowest BCUT2D eigenvalue weighted by molar-refractivity contribution is 0.379. The minimum absolute atomic E-state index is 0.132. The molecule has 0 fully saturated rings. The molecule has 1 rings (SSSR count). The van der Waals surface area contributed by atoms with Crippen LogP contribution in [-0.4, -0.2) is 7.11 Å². The first kappa shape index (κ1) is 10.4. The van der Waals surface area contributed by atoms with Gasteiger partial charge in [-0.05, 0) is 12.1 Å². The summed E-state index contributed by atoms with van der Waals surface area (Å²) >= 11 is 0. The third-order valence-electron chi connectivity index (χ3n) is 1.76. The SMILES string of the molecule is COc1ccc(F)c(C(N)C#N)c1F. The summed E-state index contributed by atoms with van der Waals surface area (Å²) in [4.78, 5) is 0. The van der Waals surface area contributed by atoms with Crippen LogP contribution in [-0.2, 0) is 0 Å². The van der Waals surface area contributed by atoms with Gasteiger partial charge < -0.3 is 10.5 Å². The highest BCUT2D eigenvalue weighted by atomic mass is 19.1. The number of methoxy groups -OCH3 is 1. The number of nitrogens with zero attached hydrogens (tertiary/aromatic N) is 1. The molecule has 74 valence electrons. The summed E-state index contributed by atoms with van der Waals surface area (Å²) in [5.41, 5.74) is 4.76. The van der Waals surface area contributed by atoms with Crippen molar-refractivity contribution >= 4 is 0 Å². The molecule has 0 aliphatic rings. The summed E-state index contributed by atoms with van der Waals surface area (Å²) in [6.45, 7) is 0. The Bertz CT molecular complexity index is 387. The Kier molecular flexibility index (Phi) is 2.99. The molecular formula is C9H8F2N2O. The van der Waals surface area contributed by atoms with Crippen molar-refractivity contribution in [3.63, 3.8) is 0 Å². The molecule has 1 aromatic rings. The van der Waals surface area contributed by atoms with E-state index < -0.39 is 23.2 Å². The summed E-state index contributed by atoms with van der Waals surface area (Å²) in [6.07, 6.45) is 0. The first-order valence-electron chi connectivity index (χ1n) is 3.79. The van der Waals surface area contributed by atoms with Gasteiger partial charge in [0.05, 0.1) is 18.7 Å². The van der Waals surface area contributed by atoms with Crippen LogP contribution in [0.4, 0.5) is 8.78 Å². The van der Waals surface area contributed by atoms with Gasteiger partial charge in [-0.3, -0.25) is 0 Å². The molecule has 0 aromatic heterocycles. The van der Waals surface area contributed by atoms with E-state index in [-0.39, 0.29) is 5.75 Å². The van der Waals surface area contributed by atoms with Gasteiger partial charge >= 0.3 is 0 Å². The zero-order chi connectivity index (χ0) is 10.7. The fourth-order valence-corrected chi connectivity index (χ4v) is 1.06. The molecule has 0 heterocycles. The Hall–Kier alpha value is -1.67. The molecule has 0 spiro atoms. The Labute approximate surface area is 79.7 Å². The standard InChI is InChI=1S/C9H8F2N2O/c1-14-7-3-2-5(10)8(9(7)11)6(13)4-12/h2-3,6H,13H2,1H3. The number of halogens is 2. The van der Waals surface area contributed by atoms with Crippen molar-refractivity contribution in [1.29, 1.82) is 5.26 Å². The normalized spacial score (nSPS) is 11.9. The zero-order valence-electron chi connectivity index (χ0n) is 7.42. The van der Waals surface area contributed by atoms with E-state index in [1.165, 1.54) is 7.11 Å². The van der Waals surface area contributed by atoms with Crippen molar-refractivity contribution < 1.29 is 13.5 Å². The van der Waals surface area contributed by atoms with Gasteiger partial charge in [0.2, 0.25) is 0 Å². The van der Waals surface area contributed by atoms with Gasteiger partial charge in [-0.25, -0.2) is 8.78 Å². The van der Waals surface area contributed by atoms with Crippen LogP contribution in [0.3, 0.4) is 0 Å². The van der Waals surface area contributed by atoms with E-state index in [2.05, 4.69) is 4.74 Å². The topological polar surface area (TPSA) is 59.0 Å². The smallest absolute Gasteiger partial charge is 0.173 e. The Morgan fingerprint density at radius 2 is 2.14 bits per heavy atom. The number of nitrogens with two attached hydrogens (primary N) is 1. The van der Waals surface area contributed by atoms with Crippen LogP contribution in [0.1, 0.15) is 11.6 Å². The molecule has 0 radical (unpaired) electrons. The summed E-state index contributed by atoms with van der Waals surface area (Å²) in [6, 6.07) is 2.37. The number of nitriles is 1. The van der Waals surface area contributed by atoms with E-state index >= 15 is 0 Å². The second-order valence-corrected chi connectivity index (χ2v) is 2.58. The predicted molar refractivity (Wildman–Crippen MR) is 45.5 cm³/mol. The molecule has 1 aromatic carbocycles. The third-order valence-corrected chi connectivity index (χ3v) is 1.76. The van der Waals surface area contributed by atoms with Crippen LogP contribution < -0.4 is 10.5 Å². The van der Waals surface area contributed by atoms with Crippen molar-refractivity contribution in [2.24, 2.45) is 5.73 Å². The zero-order valence-corrected chi connectivity index (χ0v) is 7.42. The molecule has 3 nitrogen and oxygen atoms in total. The van der Waals surface area contributed by atoms with Crippen molar-refractivity contribution in [2.75, 3.05) is 7.11 Å². The van der Waals surface area contributed by atoms with Crippen molar-refractivity contribution in [3.8, 4) is 11.8 Å². The van der Waals surface area contributed by atoms with E-state index in [4.69, 9.17) is 11.0 Å². The Morgan fingerprint density at radius 3 is 2.64 bits per heavy atom. The van der Waals surface area contributed by atoms with Gasteiger partial charge in [-0.1, -0.05) is 0 Å². The molecular weight excluding hydrogens is 190 g/mol. The van der Waals surface area contributed by atoms with E-state index in [0.717, 1.165) is 12.1 Å². The summed E-state index contributed by atoms with van der Waals surface area (Å²) < 4.78 is 31.1. The minimum Gasteiger partial charge on any atom is -0.494 e. The van der Waals surface area contributed by atoms with E-state index in [1.54, 1.807) is 6.07 Å². The lowest BCUT2D eigenvalue weighted by atomic mass is 10.1. The molecule has 1 unspecified atom stereocenters. The monoisotopic (exact) mass is 198 g/mol. The second kappa shape index (κ2) is 4.03. The van der Waals surface area contributed by atoms with Crippen LogP contribution >= 0.6 is 0 Å². The van der Waals surface area contributed by atoms with Crippen LogP contribution in [0.25, 0.3) is 0 Å². The molecule has 0 aliphatic heterocycles. The summed E-state index contributed by atoms with van der Waals surface area (Å²) in [7, 11) is 1.25. The number of ether oxygens (including phenoxy) is 1. The fourth-order valence-electron chi connectivity index (χ4n) is 1.06. The number of benzene rings is 1. The first-order valence-corrected chi connectivity index (χ1v) is 3.79. The van der Waals surface area contributed by atoms with E-state index in [1.807, 2.05) is 0 Å². The van der Waals surface area contributed by atoms with Gasteiger partial charge in [0, 0.05) is 0 Å². The highest BCUT2D eigenvalue weighted by Gasteiger charge is 2.19. The second-order valence-electron chi connectivity index (χ2n) is 2.58. The molecule has 0 amide bonds. The molecule has 0 saturated heterocycles. The van der Waals surface area contributed by atoms with Crippen molar-refractivity contribution in [3.05, 3.63) is 29.3 Å². The molecule has 0 saturated carbocycles. The van der Waals surface area contributed by atoms with Crippen molar-refractivity contribution in [1.82, 2.24) is 0 Å². The van der Waals surface area contributed by atoms with Crippen LogP contribution in [0.2, 0.25) is 0 Å². The van der Waals surface area contributed by atoms with Gasteiger partial charge in [0.25, 0.3) is 0 Å². The molecule has 1 atom stereocenters. The molecule has 5 heteroatoms. The maximum Gasteiger partial charge on any atom is 0.173 e.